The van der Waals surface area contributed by atoms with E-state index in [9.17, 15) is 9.59 Å². The number of nitrogens with zero attached hydrogens (tertiary/aromatic N) is 2. The van der Waals surface area contributed by atoms with Gasteiger partial charge < -0.3 is 16.7 Å². The standard InChI is InChI=1S/C9H17N2O2.Y/c1-5-8(12)11(4)7-9(13)10(3)6-2;/h2,5-7H2,1,3-4H3;/q-1;. The van der Waals surface area contributed by atoms with Crippen LogP contribution in [0.25, 0.3) is 0 Å². The average Bonchev–Trinajstić information content (AvgIpc) is 2.14. The average molecular weight is 274 g/mol. The van der Waals surface area contributed by atoms with Crippen molar-refractivity contribution in [2.45, 2.75) is 13.3 Å². The molecule has 0 aromatic heterocycles. The van der Waals surface area contributed by atoms with Gasteiger partial charge in [-0.05, 0) is 0 Å². The van der Waals surface area contributed by atoms with Crippen molar-refractivity contribution in [3.8, 4) is 0 Å². The summed E-state index contributed by atoms with van der Waals surface area (Å²) in [6.45, 7) is 5.91. The molecule has 0 N–H and O–H groups in total. The minimum Gasteiger partial charge on any atom is -0.374 e. The molecule has 1 radical (unpaired) electrons. The van der Waals surface area contributed by atoms with Crippen LogP contribution in [-0.2, 0) is 42.3 Å². The first-order chi connectivity index (χ1) is 6.02. The molecular weight excluding hydrogens is 257 g/mol. The Morgan fingerprint density at radius 2 is 1.64 bits per heavy atom. The summed E-state index contributed by atoms with van der Waals surface area (Å²) in [5.41, 5.74) is 0. The molecule has 0 unspecified atom stereocenters. The van der Waals surface area contributed by atoms with Crippen LogP contribution < -0.4 is 0 Å². The van der Waals surface area contributed by atoms with E-state index in [-0.39, 0.29) is 51.1 Å². The summed E-state index contributed by atoms with van der Waals surface area (Å²) in [4.78, 5) is 25.3. The SMILES string of the molecule is [CH2-]CN(C)C(=O)CN(C)C(=O)CC.[Y]. The smallest absolute Gasteiger partial charge is 0.239 e. The third-order valence-electron chi connectivity index (χ3n) is 1.86. The Labute approximate surface area is 111 Å². The summed E-state index contributed by atoms with van der Waals surface area (Å²) in [6.07, 6.45) is 0.428. The molecule has 0 saturated heterocycles. The monoisotopic (exact) mass is 274 g/mol. The number of hydrogen-bond donors (Lipinski definition) is 0. The van der Waals surface area contributed by atoms with Crippen LogP contribution in [-0.4, -0.2) is 48.8 Å². The van der Waals surface area contributed by atoms with E-state index in [2.05, 4.69) is 6.92 Å². The maximum Gasteiger partial charge on any atom is 0.239 e. The summed E-state index contributed by atoms with van der Waals surface area (Å²) in [6, 6.07) is 0. The van der Waals surface area contributed by atoms with Gasteiger partial charge in [-0.15, -0.1) is 6.54 Å². The molecule has 0 heterocycles. The van der Waals surface area contributed by atoms with Crippen molar-refractivity contribution >= 4 is 11.8 Å². The molecule has 0 atom stereocenters. The van der Waals surface area contributed by atoms with Gasteiger partial charge in [0, 0.05) is 53.2 Å². The summed E-state index contributed by atoms with van der Waals surface area (Å²) < 4.78 is 0. The molecule has 0 aromatic rings. The molecule has 0 aliphatic carbocycles. The quantitative estimate of drug-likeness (QED) is 0.684. The van der Waals surface area contributed by atoms with Crippen LogP contribution >= 0.6 is 0 Å². The third kappa shape index (κ3) is 5.71. The largest absolute Gasteiger partial charge is 0.374 e. The number of rotatable bonds is 4. The number of amides is 2. The topological polar surface area (TPSA) is 40.6 Å². The van der Waals surface area contributed by atoms with Crippen LogP contribution in [0.3, 0.4) is 0 Å². The Hall–Kier alpha value is 0.0439. The van der Waals surface area contributed by atoms with Crippen molar-refractivity contribution in [3.63, 3.8) is 0 Å². The molecule has 14 heavy (non-hydrogen) atoms. The number of likely N-dealkylation sites (N-methyl/N-ethyl adjacent to an activating group) is 2. The Morgan fingerprint density at radius 3 is 2.00 bits per heavy atom. The molecule has 0 bridgehead atoms. The molecule has 0 fully saturated rings. The van der Waals surface area contributed by atoms with Crippen molar-refractivity contribution in [2.24, 2.45) is 0 Å². The Kier molecular flexibility index (Phi) is 9.84. The molecule has 2 amide bonds. The van der Waals surface area contributed by atoms with E-state index in [1.54, 1.807) is 21.0 Å². The van der Waals surface area contributed by atoms with Gasteiger partial charge in [-0.1, -0.05) is 6.92 Å². The zero-order valence-corrected chi connectivity index (χ0v) is 12.0. The van der Waals surface area contributed by atoms with Gasteiger partial charge in [0.05, 0.1) is 6.54 Å². The van der Waals surface area contributed by atoms with Crippen molar-refractivity contribution < 1.29 is 42.3 Å². The fourth-order valence-electron chi connectivity index (χ4n) is 0.806. The van der Waals surface area contributed by atoms with E-state index in [4.69, 9.17) is 0 Å². The van der Waals surface area contributed by atoms with E-state index in [0.717, 1.165) is 0 Å². The van der Waals surface area contributed by atoms with Gasteiger partial charge in [-0.2, -0.15) is 0 Å². The van der Waals surface area contributed by atoms with E-state index < -0.39 is 0 Å². The molecule has 0 spiro atoms. The summed E-state index contributed by atoms with van der Waals surface area (Å²) in [5.74, 6) is -0.106. The van der Waals surface area contributed by atoms with Crippen LogP contribution in [0, 0.1) is 6.92 Å². The summed E-state index contributed by atoms with van der Waals surface area (Å²) in [7, 11) is 3.29. The molecule has 4 nitrogen and oxygen atoms in total. The van der Waals surface area contributed by atoms with Gasteiger partial charge in [0.2, 0.25) is 11.8 Å². The minimum atomic E-state index is -0.0840. The van der Waals surface area contributed by atoms with Crippen LogP contribution in [0.15, 0.2) is 0 Å². The van der Waals surface area contributed by atoms with Crippen molar-refractivity contribution in [2.75, 3.05) is 27.2 Å². The first kappa shape index (κ1) is 16.5. The molecule has 0 saturated carbocycles. The maximum atomic E-state index is 11.3. The van der Waals surface area contributed by atoms with Gasteiger partial charge in [-0.3, -0.25) is 9.59 Å². The van der Waals surface area contributed by atoms with Gasteiger partial charge in [0.25, 0.3) is 0 Å². The van der Waals surface area contributed by atoms with Gasteiger partial charge in [-0.25, -0.2) is 0 Å². The molecule has 0 rings (SSSR count). The second-order valence-electron chi connectivity index (χ2n) is 2.92. The van der Waals surface area contributed by atoms with Crippen molar-refractivity contribution in [1.29, 1.82) is 0 Å². The third-order valence-corrected chi connectivity index (χ3v) is 1.86. The van der Waals surface area contributed by atoms with Gasteiger partial charge >= 0.3 is 0 Å². The van der Waals surface area contributed by atoms with Crippen LogP contribution in [0.1, 0.15) is 13.3 Å². The van der Waals surface area contributed by atoms with Crippen molar-refractivity contribution in [1.82, 2.24) is 9.80 Å². The molecule has 0 aliphatic heterocycles. The molecular formula is C9H17N2O2Y-. The van der Waals surface area contributed by atoms with E-state index >= 15 is 0 Å². The zero-order chi connectivity index (χ0) is 10.4. The normalized spacial score (nSPS) is 8.86. The predicted molar refractivity (Wildman–Crippen MR) is 50.9 cm³/mol. The van der Waals surface area contributed by atoms with Crippen molar-refractivity contribution in [3.05, 3.63) is 6.92 Å². The predicted octanol–water partition coefficient (Wildman–Crippen LogP) is 0.145. The second kappa shape index (κ2) is 8.36. The van der Waals surface area contributed by atoms with Gasteiger partial charge in [0.1, 0.15) is 0 Å². The Morgan fingerprint density at radius 1 is 1.14 bits per heavy atom. The fourth-order valence-corrected chi connectivity index (χ4v) is 0.806. The molecule has 0 aromatic carbocycles. The summed E-state index contributed by atoms with van der Waals surface area (Å²) in [5, 5.41) is 0. The minimum absolute atomic E-state index is 0. The first-order valence-corrected chi connectivity index (χ1v) is 4.30. The van der Waals surface area contributed by atoms with E-state index in [1.165, 1.54) is 9.80 Å². The first-order valence-electron chi connectivity index (χ1n) is 4.30. The van der Waals surface area contributed by atoms with Gasteiger partial charge in [0.15, 0.2) is 0 Å². The Bertz CT molecular complexity index is 197. The number of carbonyl (C=O) groups excluding carboxylic acids is 2. The molecule has 79 valence electrons. The van der Waals surface area contributed by atoms with Crippen LogP contribution in [0.5, 0.6) is 0 Å². The van der Waals surface area contributed by atoms with E-state index in [0.29, 0.717) is 13.0 Å². The maximum absolute atomic E-state index is 11.3. The Balaban J connectivity index is 0. The van der Waals surface area contributed by atoms with Crippen LogP contribution in [0.4, 0.5) is 0 Å². The number of hydrogen-bond acceptors (Lipinski definition) is 2. The summed E-state index contributed by atoms with van der Waals surface area (Å²) >= 11 is 0. The fraction of sp³-hybridized carbons (Fsp3) is 0.667. The molecule has 0 aliphatic rings. The zero-order valence-electron chi connectivity index (χ0n) is 9.12. The van der Waals surface area contributed by atoms with Crippen LogP contribution in [0.2, 0.25) is 0 Å². The molecule has 5 heteroatoms. The second-order valence-corrected chi connectivity index (χ2v) is 2.92. The number of carbonyl (C=O) groups is 2. The van der Waals surface area contributed by atoms with E-state index in [1.807, 2.05) is 0 Å².